The molecule has 0 N–H and O–H groups in total. The van der Waals surface area contributed by atoms with Crippen LogP contribution in [0.3, 0.4) is 0 Å². The van der Waals surface area contributed by atoms with Crippen molar-refractivity contribution < 1.29 is 17.9 Å². The number of carbonyl (C=O) groups is 1. The average Bonchev–Trinajstić information content (AvgIpc) is 2.73. The highest BCUT2D eigenvalue weighted by Gasteiger charge is 2.29. The first-order chi connectivity index (χ1) is 13.9. The number of rotatable bonds is 6. The van der Waals surface area contributed by atoms with Gasteiger partial charge in [0.1, 0.15) is 5.75 Å². The first-order valence-electron chi connectivity index (χ1n) is 9.35. The summed E-state index contributed by atoms with van der Waals surface area (Å²) in [6.45, 7) is 3.59. The van der Waals surface area contributed by atoms with E-state index in [1.165, 1.54) is 10.4 Å². The first-order valence-corrected chi connectivity index (χ1v) is 11.2. The molecule has 1 aliphatic heterocycles. The lowest BCUT2D eigenvalue weighted by Gasteiger charge is -2.33. The van der Waals surface area contributed by atoms with Crippen LogP contribution >= 0.6 is 11.6 Å². The van der Waals surface area contributed by atoms with Crippen LogP contribution in [0.25, 0.3) is 6.08 Å². The number of nitrogens with zero attached hydrogens (tertiary/aromatic N) is 2. The molecule has 0 spiro atoms. The molecule has 2 aromatic carbocycles. The Morgan fingerprint density at radius 3 is 2.41 bits per heavy atom. The number of halogens is 1. The van der Waals surface area contributed by atoms with E-state index in [1.54, 1.807) is 47.4 Å². The monoisotopic (exact) mass is 434 g/mol. The summed E-state index contributed by atoms with van der Waals surface area (Å²) < 4.78 is 32.4. The van der Waals surface area contributed by atoms with Gasteiger partial charge in [0, 0.05) is 37.3 Å². The number of benzene rings is 2. The van der Waals surface area contributed by atoms with Crippen molar-refractivity contribution >= 4 is 33.6 Å². The van der Waals surface area contributed by atoms with Gasteiger partial charge >= 0.3 is 0 Å². The van der Waals surface area contributed by atoms with E-state index in [1.807, 2.05) is 19.1 Å². The van der Waals surface area contributed by atoms with Gasteiger partial charge in [-0.25, -0.2) is 8.42 Å². The van der Waals surface area contributed by atoms with E-state index in [-0.39, 0.29) is 23.9 Å². The molecule has 1 amide bonds. The molecule has 6 nitrogen and oxygen atoms in total. The van der Waals surface area contributed by atoms with Crippen molar-refractivity contribution in [2.75, 3.05) is 32.8 Å². The SMILES string of the molecule is CCOc1ccc(S(=O)(=O)N2CCN(C(=O)/C=C/c3cccc(Cl)c3)CC2)cc1. The van der Waals surface area contributed by atoms with Crippen LogP contribution in [-0.4, -0.2) is 56.3 Å². The van der Waals surface area contributed by atoms with Gasteiger partial charge in [-0.3, -0.25) is 4.79 Å². The van der Waals surface area contributed by atoms with Crippen LogP contribution < -0.4 is 4.74 Å². The average molecular weight is 435 g/mol. The Labute approximate surface area is 176 Å². The maximum Gasteiger partial charge on any atom is 0.246 e. The molecule has 29 heavy (non-hydrogen) atoms. The zero-order chi connectivity index (χ0) is 20.9. The Hall–Kier alpha value is -2.35. The van der Waals surface area contributed by atoms with E-state index in [2.05, 4.69) is 0 Å². The first kappa shape index (κ1) is 21.4. The molecule has 1 fully saturated rings. The van der Waals surface area contributed by atoms with Crippen LogP contribution in [0.1, 0.15) is 12.5 Å². The Morgan fingerprint density at radius 1 is 1.10 bits per heavy atom. The zero-order valence-electron chi connectivity index (χ0n) is 16.1. The van der Waals surface area contributed by atoms with Crippen molar-refractivity contribution in [2.24, 2.45) is 0 Å². The number of amides is 1. The molecule has 0 atom stereocenters. The van der Waals surface area contributed by atoms with Gasteiger partial charge in [-0.2, -0.15) is 4.31 Å². The third kappa shape index (κ3) is 5.38. The highest BCUT2D eigenvalue weighted by Crippen LogP contribution is 2.21. The minimum atomic E-state index is -3.60. The number of sulfonamides is 1. The summed E-state index contributed by atoms with van der Waals surface area (Å²) in [5.41, 5.74) is 0.836. The molecule has 1 aliphatic rings. The summed E-state index contributed by atoms with van der Waals surface area (Å²) in [6.07, 6.45) is 3.19. The third-order valence-corrected chi connectivity index (χ3v) is 6.74. The number of carbonyl (C=O) groups excluding carboxylic acids is 1. The van der Waals surface area contributed by atoms with E-state index < -0.39 is 10.0 Å². The molecule has 0 bridgehead atoms. The maximum absolute atomic E-state index is 12.8. The van der Waals surface area contributed by atoms with Gasteiger partial charge in [0.2, 0.25) is 15.9 Å². The van der Waals surface area contributed by atoms with Crippen molar-refractivity contribution in [2.45, 2.75) is 11.8 Å². The lowest BCUT2D eigenvalue weighted by atomic mass is 10.2. The highest BCUT2D eigenvalue weighted by atomic mass is 35.5. The van der Waals surface area contributed by atoms with Gasteiger partial charge < -0.3 is 9.64 Å². The van der Waals surface area contributed by atoms with Gasteiger partial charge in [-0.1, -0.05) is 23.7 Å². The lowest BCUT2D eigenvalue weighted by molar-refractivity contribution is -0.127. The van der Waals surface area contributed by atoms with Gasteiger partial charge in [-0.15, -0.1) is 0 Å². The summed E-state index contributed by atoms with van der Waals surface area (Å²) in [5, 5.41) is 0.604. The Kier molecular flexibility index (Phi) is 6.95. The molecule has 1 saturated heterocycles. The Bertz CT molecular complexity index is 982. The second kappa shape index (κ2) is 9.43. The minimum absolute atomic E-state index is 0.150. The van der Waals surface area contributed by atoms with Crippen molar-refractivity contribution in [1.82, 2.24) is 9.21 Å². The third-order valence-electron chi connectivity index (χ3n) is 4.59. The van der Waals surface area contributed by atoms with Crippen molar-refractivity contribution in [3.63, 3.8) is 0 Å². The molecular formula is C21H23ClN2O4S. The molecule has 0 radical (unpaired) electrons. The number of hydrogen-bond acceptors (Lipinski definition) is 4. The van der Waals surface area contributed by atoms with E-state index in [4.69, 9.17) is 16.3 Å². The summed E-state index contributed by atoms with van der Waals surface area (Å²) in [4.78, 5) is 14.3. The van der Waals surface area contributed by atoms with Gasteiger partial charge in [-0.05, 0) is 55.0 Å². The van der Waals surface area contributed by atoms with Crippen LogP contribution in [0.5, 0.6) is 5.75 Å². The highest BCUT2D eigenvalue weighted by molar-refractivity contribution is 7.89. The molecule has 0 aromatic heterocycles. The molecular weight excluding hydrogens is 412 g/mol. The second-order valence-corrected chi connectivity index (χ2v) is 8.90. The van der Waals surface area contributed by atoms with Crippen LogP contribution in [0.2, 0.25) is 5.02 Å². The fraction of sp³-hybridized carbons (Fsp3) is 0.286. The summed E-state index contributed by atoms with van der Waals surface area (Å²) in [5.74, 6) is 0.483. The minimum Gasteiger partial charge on any atom is -0.494 e. The van der Waals surface area contributed by atoms with E-state index in [9.17, 15) is 13.2 Å². The second-order valence-electron chi connectivity index (χ2n) is 6.52. The predicted molar refractivity (Wildman–Crippen MR) is 113 cm³/mol. The topological polar surface area (TPSA) is 66.9 Å². The smallest absolute Gasteiger partial charge is 0.246 e. The standard InChI is InChI=1S/C21H23ClN2O4S/c1-2-28-19-7-9-20(10-8-19)29(26,27)24-14-12-23(13-15-24)21(25)11-6-17-4-3-5-18(22)16-17/h3-11,16H,2,12-15H2,1H3/b11-6+. The molecule has 154 valence electrons. The number of piperazine rings is 1. The van der Waals surface area contributed by atoms with Crippen molar-refractivity contribution in [1.29, 1.82) is 0 Å². The van der Waals surface area contributed by atoms with Gasteiger partial charge in [0.15, 0.2) is 0 Å². The van der Waals surface area contributed by atoms with Crippen molar-refractivity contribution in [3.05, 3.63) is 65.2 Å². The fourth-order valence-corrected chi connectivity index (χ4v) is 4.68. The Balaban J connectivity index is 1.59. The molecule has 8 heteroatoms. The number of hydrogen-bond donors (Lipinski definition) is 0. The summed E-state index contributed by atoms with van der Waals surface area (Å²) >= 11 is 5.94. The molecule has 2 aromatic rings. The zero-order valence-corrected chi connectivity index (χ0v) is 17.7. The van der Waals surface area contributed by atoms with Gasteiger partial charge in [0.25, 0.3) is 0 Å². The van der Waals surface area contributed by atoms with Crippen LogP contribution in [-0.2, 0) is 14.8 Å². The molecule has 0 unspecified atom stereocenters. The molecule has 1 heterocycles. The van der Waals surface area contributed by atoms with Crippen LogP contribution in [0.4, 0.5) is 0 Å². The molecule has 0 saturated carbocycles. The van der Waals surface area contributed by atoms with E-state index >= 15 is 0 Å². The van der Waals surface area contributed by atoms with Crippen LogP contribution in [0.15, 0.2) is 59.5 Å². The largest absolute Gasteiger partial charge is 0.494 e. The molecule has 0 aliphatic carbocycles. The Morgan fingerprint density at radius 2 is 1.79 bits per heavy atom. The summed E-state index contributed by atoms with van der Waals surface area (Å²) in [6, 6.07) is 13.6. The molecule has 3 rings (SSSR count). The maximum atomic E-state index is 12.8. The predicted octanol–water partition coefficient (Wildman–Crippen LogP) is 3.29. The number of ether oxygens (including phenoxy) is 1. The van der Waals surface area contributed by atoms with Crippen LogP contribution in [0, 0.1) is 0 Å². The quantitative estimate of drug-likeness (QED) is 0.654. The summed E-state index contributed by atoms with van der Waals surface area (Å²) in [7, 11) is -3.60. The lowest BCUT2D eigenvalue weighted by Crippen LogP contribution is -2.50. The van der Waals surface area contributed by atoms with E-state index in [0.717, 1.165) is 5.56 Å². The van der Waals surface area contributed by atoms with E-state index in [0.29, 0.717) is 30.5 Å². The normalized spacial score (nSPS) is 15.6. The van der Waals surface area contributed by atoms with Gasteiger partial charge in [0.05, 0.1) is 11.5 Å². The van der Waals surface area contributed by atoms with Crippen molar-refractivity contribution in [3.8, 4) is 5.75 Å². The fourth-order valence-electron chi connectivity index (χ4n) is 3.06.